The molecule has 0 saturated carbocycles. The first kappa shape index (κ1) is 17.4. The number of fused-ring (bicyclic) bond motifs is 1. The summed E-state index contributed by atoms with van der Waals surface area (Å²) < 4.78 is 15.7. The van der Waals surface area contributed by atoms with Crippen LogP contribution < -0.4 is 15.1 Å². The highest BCUT2D eigenvalue weighted by Gasteiger charge is 2.15. The van der Waals surface area contributed by atoms with E-state index in [1.54, 1.807) is 12.1 Å². The van der Waals surface area contributed by atoms with Gasteiger partial charge in [-0.15, -0.1) is 0 Å². The van der Waals surface area contributed by atoms with Crippen molar-refractivity contribution in [3.8, 4) is 17.2 Å². The number of carbonyl (C=O) groups is 1. The molecule has 0 spiro atoms. The summed E-state index contributed by atoms with van der Waals surface area (Å²) >= 11 is 0. The van der Waals surface area contributed by atoms with E-state index < -0.39 is 11.6 Å². The van der Waals surface area contributed by atoms with Crippen molar-refractivity contribution in [2.24, 2.45) is 0 Å². The summed E-state index contributed by atoms with van der Waals surface area (Å²) in [6.45, 7) is 2.12. The van der Waals surface area contributed by atoms with E-state index in [-0.39, 0.29) is 35.5 Å². The smallest absolute Gasteiger partial charge is 0.383 e. The van der Waals surface area contributed by atoms with E-state index in [0.29, 0.717) is 18.6 Å². The Morgan fingerprint density at radius 2 is 2.17 bits per heavy atom. The average Bonchev–Trinajstić information content (AvgIpc) is 2.55. The Balaban J connectivity index is 2.24. The molecule has 0 aliphatic heterocycles. The molecule has 7 nitrogen and oxygen atoms in total. The normalized spacial score (nSPS) is 11.0. The Kier molecular flexibility index (Phi) is 5.83. The fourth-order valence-electron chi connectivity index (χ4n) is 1.97. The van der Waals surface area contributed by atoms with Crippen LogP contribution in [0.4, 0.5) is 0 Å². The van der Waals surface area contributed by atoms with Gasteiger partial charge in [0.15, 0.2) is 5.75 Å². The molecule has 2 N–H and O–H groups in total. The van der Waals surface area contributed by atoms with Gasteiger partial charge < -0.3 is 24.1 Å². The van der Waals surface area contributed by atoms with Crippen molar-refractivity contribution in [3.63, 3.8) is 0 Å². The highest BCUT2D eigenvalue weighted by molar-refractivity contribution is 5.86. The zero-order chi connectivity index (χ0) is 17.5. The number of allylic oxidation sites excluding steroid dienone is 1. The van der Waals surface area contributed by atoms with Crippen molar-refractivity contribution >= 4 is 16.9 Å². The standard InChI is InChI=1S/C17H18O7/c1-2-3-8-23-16-15(20)12-10-11(22-9-4-5-14(18)19)6-7-13(12)24-17(16)21/h3,6-8,10,20H,2,4-5,9H2,1H3,(H,18,19). The van der Waals surface area contributed by atoms with Crippen molar-refractivity contribution in [2.45, 2.75) is 26.2 Å². The third-order valence-corrected chi connectivity index (χ3v) is 3.13. The second-order valence-corrected chi connectivity index (χ2v) is 4.97. The van der Waals surface area contributed by atoms with Gasteiger partial charge in [-0.2, -0.15) is 0 Å². The van der Waals surface area contributed by atoms with Crippen molar-refractivity contribution in [3.05, 3.63) is 41.0 Å². The molecule has 0 amide bonds. The summed E-state index contributed by atoms with van der Waals surface area (Å²) in [7, 11) is 0. The number of hydrogen-bond donors (Lipinski definition) is 2. The second kappa shape index (κ2) is 8.05. The molecule has 2 aromatic rings. The van der Waals surface area contributed by atoms with Gasteiger partial charge in [0.2, 0.25) is 0 Å². The predicted molar refractivity (Wildman–Crippen MR) is 86.6 cm³/mol. The van der Waals surface area contributed by atoms with Crippen LogP contribution in [0.2, 0.25) is 0 Å². The van der Waals surface area contributed by atoms with Crippen molar-refractivity contribution in [1.29, 1.82) is 0 Å². The first-order valence-electron chi connectivity index (χ1n) is 7.49. The van der Waals surface area contributed by atoms with Crippen LogP contribution in [-0.2, 0) is 4.79 Å². The number of aromatic hydroxyl groups is 1. The molecule has 24 heavy (non-hydrogen) atoms. The lowest BCUT2D eigenvalue weighted by atomic mass is 10.2. The Hall–Kier alpha value is -2.96. The topological polar surface area (TPSA) is 106 Å². The molecule has 0 radical (unpaired) electrons. The van der Waals surface area contributed by atoms with E-state index >= 15 is 0 Å². The predicted octanol–water partition coefficient (Wildman–Crippen LogP) is 3.04. The number of rotatable bonds is 8. The Labute approximate surface area is 137 Å². The lowest BCUT2D eigenvalue weighted by Gasteiger charge is -2.08. The molecule has 128 valence electrons. The quantitative estimate of drug-likeness (QED) is 0.434. The van der Waals surface area contributed by atoms with E-state index in [2.05, 4.69) is 0 Å². The van der Waals surface area contributed by atoms with Gasteiger partial charge >= 0.3 is 11.6 Å². The number of aliphatic carboxylic acids is 1. The number of carboxylic acid groups (broad SMARTS) is 1. The molecule has 0 aliphatic rings. The largest absolute Gasteiger partial charge is 0.504 e. The summed E-state index contributed by atoms with van der Waals surface area (Å²) in [4.78, 5) is 22.3. The van der Waals surface area contributed by atoms with Crippen LogP contribution in [0.3, 0.4) is 0 Å². The molecule has 0 aliphatic carbocycles. The molecule has 2 rings (SSSR count). The van der Waals surface area contributed by atoms with Crippen LogP contribution in [0.15, 0.2) is 39.7 Å². The molecule has 7 heteroatoms. The highest BCUT2D eigenvalue weighted by atomic mass is 16.5. The SMILES string of the molecule is CCC=COc1c(O)c2cc(OCCCC(=O)O)ccc2oc1=O. The Morgan fingerprint density at radius 3 is 2.88 bits per heavy atom. The molecule has 0 atom stereocenters. The number of hydrogen-bond acceptors (Lipinski definition) is 6. The molecule has 1 heterocycles. The van der Waals surface area contributed by atoms with E-state index in [1.807, 2.05) is 6.92 Å². The molecular formula is C17H18O7. The van der Waals surface area contributed by atoms with Crippen LogP contribution in [0, 0.1) is 0 Å². The lowest BCUT2D eigenvalue weighted by molar-refractivity contribution is -0.137. The first-order chi connectivity index (χ1) is 11.5. The van der Waals surface area contributed by atoms with Gasteiger partial charge in [-0.3, -0.25) is 4.79 Å². The zero-order valence-electron chi connectivity index (χ0n) is 13.2. The number of benzene rings is 1. The molecule has 0 bridgehead atoms. The van der Waals surface area contributed by atoms with Gasteiger partial charge in [-0.05, 0) is 37.1 Å². The molecule has 0 unspecified atom stereocenters. The summed E-state index contributed by atoms with van der Waals surface area (Å²) in [5, 5.41) is 19.1. The minimum Gasteiger partial charge on any atom is -0.504 e. The fourth-order valence-corrected chi connectivity index (χ4v) is 1.97. The Bertz CT molecular complexity index is 804. The lowest BCUT2D eigenvalue weighted by Crippen LogP contribution is -2.04. The van der Waals surface area contributed by atoms with E-state index in [9.17, 15) is 14.7 Å². The van der Waals surface area contributed by atoms with Crippen molar-refractivity contribution in [2.75, 3.05) is 6.61 Å². The van der Waals surface area contributed by atoms with E-state index in [4.69, 9.17) is 19.0 Å². The third-order valence-electron chi connectivity index (χ3n) is 3.13. The van der Waals surface area contributed by atoms with Gasteiger partial charge in [0, 0.05) is 6.42 Å². The Morgan fingerprint density at radius 1 is 1.38 bits per heavy atom. The van der Waals surface area contributed by atoms with Crippen LogP contribution in [0.1, 0.15) is 26.2 Å². The van der Waals surface area contributed by atoms with E-state index in [1.165, 1.54) is 18.4 Å². The summed E-state index contributed by atoms with van der Waals surface area (Å²) in [6, 6.07) is 4.57. The number of ether oxygens (including phenoxy) is 2. The van der Waals surface area contributed by atoms with Gasteiger partial charge in [-0.25, -0.2) is 4.79 Å². The molecule has 1 aromatic heterocycles. The monoisotopic (exact) mass is 334 g/mol. The highest BCUT2D eigenvalue weighted by Crippen LogP contribution is 2.33. The van der Waals surface area contributed by atoms with Gasteiger partial charge in [0.25, 0.3) is 5.75 Å². The maximum atomic E-state index is 11.8. The minimum atomic E-state index is -0.890. The van der Waals surface area contributed by atoms with Crippen LogP contribution in [0.25, 0.3) is 11.0 Å². The zero-order valence-corrected chi connectivity index (χ0v) is 13.2. The minimum absolute atomic E-state index is 0.00938. The number of carboxylic acids is 1. The molecule has 0 saturated heterocycles. The van der Waals surface area contributed by atoms with Crippen molar-refractivity contribution < 1.29 is 28.9 Å². The molecular weight excluding hydrogens is 316 g/mol. The maximum absolute atomic E-state index is 11.8. The summed E-state index contributed by atoms with van der Waals surface area (Å²) in [5.41, 5.74) is -0.585. The first-order valence-corrected chi connectivity index (χ1v) is 7.49. The average molecular weight is 334 g/mol. The molecule has 0 fully saturated rings. The maximum Gasteiger partial charge on any atom is 0.383 e. The van der Waals surface area contributed by atoms with Gasteiger partial charge in [0.1, 0.15) is 11.3 Å². The third kappa shape index (κ3) is 4.28. The van der Waals surface area contributed by atoms with Crippen LogP contribution in [0.5, 0.6) is 17.2 Å². The second-order valence-electron chi connectivity index (χ2n) is 4.97. The van der Waals surface area contributed by atoms with Crippen LogP contribution >= 0.6 is 0 Å². The van der Waals surface area contributed by atoms with Gasteiger partial charge in [0.05, 0.1) is 18.3 Å². The van der Waals surface area contributed by atoms with E-state index in [0.717, 1.165) is 0 Å². The summed E-state index contributed by atoms with van der Waals surface area (Å²) in [6.07, 6.45) is 4.08. The van der Waals surface area contributed by atoms with Crippen molar-refractivity contribution in [1.82, 2.24) is 0 Å². The molecule has 1 aromatic carbocycles. The van der Waals surface area contributed by atoms with Gasteiger partial charge in [-0.1, -0.05) is 6.92 Å². The van der Waals surface area contributed by atoms with Crippen LogP contribution in [-0.4, -0.2) is 22.8 Å². The fraction of sp³-hybridized carbons (Fsp3) is 0.294. The summed E-state index contributed by atoms with van der Waals surface area (Å²) in [5.74, 6) is -1.10.